The molecule has 13 heteroatoms. The lowest BCUT2D eigenvalue weighted by Crippen LogP contribution is -2.47. The van der Waals surface area contributed by atoms with Crippen LogP contribution in [0.4, 0.5) is 17.8 Å². The van der Waals surface area contributed by atoms with E-state index in [0.29, 0.717) is 55.4 Å². The van der Waals surface area contributed by atoms with Crippen molar-refractivity contribution in [1.82, 2.24) is 39.4 Å². The summed E-state index contributed by atoms with van der Waals surface area (Å²) in [6.45, 7) is 3.46. The average Bonchev–Trinajstić information content (AvgIpc) is 3.62. The molecule has 2 fully saturated rings. The highest BCUT2D eigenvalue weighted by Crippen LogP contribution is 2.26. The average molecular weight is 476 g/mol. The number of aromatic nitrogens is 7. The Morgan fingerprint density at radius 2 is 1.86 bits per heavy atom. The smallest absolute Gasteiger partial charge is 0.259 e. The molecule has 2 N–H and O–H groups in total. The van der Waals surface area contributed by atoms with E-state index in [-0.39, 0.29) is 17.9 Å². The summed E-state index contributed by atoms with van der Waals surface area (Å²) in [5.41, 5.74) is 6.19. The Balaban J connectivity index is 1.21. The van der Waals surface area contributed by atoms with Gasteiger partial charge < -0.3 is 24.9 Å². The van der Waals surface area contributed by atoms with E-state index < -0.39 is 0 Å². The van der Waals surface area contributed by atoms with Gasteiger partial charge in [0.05, 0.1) is 6.26 Å². The van der Waals surface area contributed by atoms with Gasteiger partial charge in [-0.1, -0.05) is 0 Å². The van der Waals surface area contributed by atoms with E-state index in [0.717, 1.165) is 25.8 Å². The van der Waals surface area contributed by atoms with E-state index in [4.69, 9.17) is 10.2 Å². The minimum Gasteiger partial charge on any atom is -0.461 e. The van der Waals surface area contributed by atoms with Gasteiger partial charge in [0.15, 0.2) is 5.76 Å². The molecule has 0 bridgehead atoms. The van der Waals surface area contributed by atoms with Gasteiger partial charge in [0, 0.05) is 45.1 Å². The van der Waals surface area contributed by atoms with Crippen molar-refractivity contribution >= 4 is 29.5 Å². The predicted octanol–water partition coefficient (Wildman–Crippen LogP) is 0.859. The zero-order valence-corrected chi connectivity index (χ0v) is 19.1. The molecule has 6 heterocycles. The number of hydrogen-bond acceptors (Lipinski definition) is 11. The summed E-state index contributed by atoms with van der Waals surface area (Å²) in [6.07, 6.45) is 7.48. The molecule has 2 aliphatic rings. The van der Waals surface area contributed by atoms with Crippen LogP contribution >= 0.6 is 0 Å². The number of furan rings is 1. The van der Waals surface area contributed by atoms with Crippen molar-refractivity contribution in [2.24, 2.45) is 0 Å². The number of nitrogen functional groups attached to an aromatic ring is 1. The molecule has 180 valence electrons. The highest BCUT2D eigenvalue weighted by molar-refractivity contribution is 5.85. The molecular formula is C22H25N11O2. The maximum Gasteiger partial charge on any atom is 0.259 e. The second-order valence-electron chi connectivity index (χ2n) is 8.57. The maximum absolute atomic E-state index is 13.6. The zero-order valence-electron chi connectivity index (χ0n) is 19.1. The van der Waals surface area contributed by atoms with Gasteiger partial charge in [0.2, 0.25) is 29.6 Å². The number of nitrogens with two attached hydrogens (primary N) is 1. The minimum absolute atomic E-state index is 0.0816. The van der Waals surface area contributed by atoms with E-state index in [1.165, 1.54) is 4.52 Å². The van der Waals surface area contributed by atoms with Gasteiger partial charge in [-0.05, 0) is 37.5 Å². The number of nitrogens with zero attached hydrogens (tertiary/aromatic N) is 10. The van der Waals surface area contributed by atoms with Gasteiger partial charge in [0.25, 0.3) is 5.78 Å². The molecule has 2 aliphatic heterocycles. The van der Waals surface area contributed by atoms with Crippen LogP contribution in [0.2, 0.25) is 0 Å². The molecule has 0 radical (unpaired) electrons. The van der Waals surface area contributed by atoms with E-state index in [9.17, 15) is 4.79 Å². The van der Waals surface area contributed by atoms with Crippen molar-refractivity contribution in [1.29, 1.82) is 0 Å². The Morgan fingerprint density at radius 3 is 2.69 bits per heavy atom. The molecular weight excluding hydrogens is 450 g/mol. The van der Waals surface area contributed by atoms with Crippen LogP contribution in [0.3, 0.4) is 0 Å². The van der Waals surface area contributed by atoms with Crippen LogP contribution in [0.25, 0.3) is 17.4 Å². The first kappa shape index (κ1) is 21.3. The van der Waals surface area contributed by atoms with Crippen LogP contribution in [-0.2, 0) is 4.79 Å². The highest BCUT2D eigenvalue weighted by Gasteiger charge is 2.36. The van der Waals surface area contributed by atoms with Crippen LogP contribution in [-0.4, -0.2) is 84.1 Å². The van der Waals surface area contributed by atoms with Gasteiger partial charge in [0.1, 0.15) is 6.04 Å². The van der Waals surface area contributed by atoms with Crippen LogP contribution < -0.4 is 15.5 Å². The number of amides is 1. The third kappa shape index (κ3) is 3.98. The second kappa shape index (κ2) is 8.81. The van der Waals surface area contributed by atoms with Crippen molar-refractivity contribution in [3.63, 3.8) is 0 Å². The molecule has 0 aliphatic carbocycles. The fourth-order valence-corrected chi connectivity index (χ4v) is 4.70. The standard InChI is InChI=1S/C22H25N11O2/c23-19-27-21(28-22-26-17(29-33(19)22)16-6-2-14-35-16)32-11-1-5-15(32)18(34)30-9-4-10-31(13-12-30)20-24-7-3-8-25-20/h2-3,6-8,14-15H,1,4-5,9-13H2,(H2,23,26,27,28,29)/t15-/m0/s1. The quantitative estimate of drug-likeness (QED) is 0.448. The molecule has 13 nitrogen and oxygen atoms in total. The lowest BCUT2D eigenvalue weighted by Gasteiger charge is -2.29. The van der Waals surface area contributed by atoms with Crippen LogP contribution in [0.15, 0.2) is 41.3 Å². The van der Waals surface area contributed by atoms with Gasteiger partial charge in [-0.3, -0.25) is 4.79 Å². The summed E-state index contributed by atoms with van der Waals surface area (Å²) in [5, 5.41) is 4.35. The van der Waals surface area contributed by atoms with Crippen molar-refractivity contribution in [2.75, 3.05) is 48.3 Å². The summed E-state index contributed by atoms with van der Waals surface area (Å²) in [5.74, 6) is 2.52. The molecule has 2 saturated heterocycles. The second-order valence-corrected chi connectivity index (χ2v) is 8.57. The SMILES string of the molecule is Nc1nc(N2CCC[C@H]2C(=O)N2CCCN(c3ncccn3)CC2)nc2nc(-c3ccco3)nn12. The molecule has 0 saturated carbocycles. The third-order valence-electron chi connectivity index (χ3n) is 6.40. The van der Waals surface area contributed by atoms with Crippen molar-refractivity contribution in [3.05, 3.63) is 36.9 Å². The first-order chi connectivity index (χ1) is 17.2. The van der Waals surface area contributed by atoms with Gasteiger partial charge in [-0.25, -0.2) is 9.97 Å². The molecule has 1 amide bonds. The summed E-state index contributed by atoms with van der Waals surface area (Å²) in [4.78, 5) is 41.8. The number of carbonyl (C=O) groups is 1. The van der Waals surface area contributed by atoms with Crippen molar-refractivity contribution in [2.45, 2.75) is 25.3 Å². The van der Waals surface area contributed by atoms with Gasteiger partial charge >= 0.3 is 0 Å². The van der Waals surface area contributed by atoms with E-state index >= 15 is 0 Å². The molecule has 0 unspecified atom stereocenters. The number of fused-ring (bicyclic) bond motifs is 1. The summed E-state index contributed by atoms with van der Waals surface area (Å²) < 4.78 is 6.76. The molecule has 35 heavy (non-hydrogen) atoms. The Labute approximate surface area is 200 Å². The molecule has 4 aromatic rings. The largest absolute Gasteiger partial charge is 0.461 e. The third-order valence-corrected chi connectivity index (χ3v) is 6.40. The Morgan fingerprint density at radius 1 is 0.971 bits per heavy atom. The van der Waals surface area contributed by atoms with E-state index in [1.807, 2.05) is 9.80 Å². The number of carbonyl (C=O) groups excluding carboxylic acids is 1. The summed E-state index contributed by atoms with van der Waals surface area (Å²) in [7, 11) is 0. The first-order valence-corrected chi connectivity index (χ1v) is 11.7. The molecule has 4 aromatic heterocycles. The summed E-state index contributed by atoms with van der Waals surface area (Å²) in [6, 6.07) is 4.98. The zero-order chi connectivity index (χ0) is 23.8. The van der Waals surface area contributed by atoms with Crippen LogP contribution in [0.1, 0.15) is 19.3 Å². The molecule has 0 aromatic carbocycles. The van der Waals surface area contributed by atoms with E-state index in [2.05, 4.69) is 34.9 Å². The Kier molecular flexibility index (Phi) is 5.35. The number of hydrogen-bond donors (Lipinski definition) is 1. The maximum atomic E-state index is 13.6. The number of anilines is 3. The summed E-state index contributed by atoms with van der Waals surface area (Å²) >= 11 is 0. The van der Waals surface area contributed by atoms with Gasteiger partial charge in [-0.15, -0.1) is 5.10 Å². The topological polar surface area (TPSA) is 148 Å². The monoisotopic (exact) mass is 475 g/mol. The van der Waals surface area contributed by atoms with Crippen molar-refractivity contribution < 1.29 is 9.21 Å². The Hall–Kier alpha value is -4.29. The van der Waals surface area contributed by atoms with Crippen LogP contribution in [0, 0.1) is 0 Å². The van der Waals surface area contributed by atoms with Crippen LogP contribution in [0.5, 0.6) is 0 Å². The molecule has 0 spiro atoms. The minimum atomic E-state index is -0.344. The number of rotatable bonds is 4. The lowest BCUT2D eigenvalue weighted by atomic mass is 10.2. The van der Waals surface area contributed by atoms with E-state index in [1.54, 1.807) is 36.9 Å². The normalized spacial score (nSPS) is 18.9. The predicted molar refractivity (Wildman–Crippen MR) is 127 cm³/mol. The fraction of sp³-hybridized carbons (Fsp3) is 0.409. The fourth-order valence-electron chi connectivity index (χ4n) is 4.70. The lowest BCUT2D eigenvalue weighted by molar-refractivity contribution is -0.132. The van der Waals surface area contributed by atoms with Gasteiger partial charge in [-0.2, -0.15) is 19.5 Å². The molecule has 6 rings (SSSR count). The Bertz CT molecular complexity index is 1320. The molecule has 1 atom stereocenters. The highest BCUT2D eigenvalue weighted by atomic mass is 16.3. The first-order valence-electron chi connectivity index (χ1n) is 11.7. The van der Waals surface area contributed by atoms with Crippen molar-refractivity contribution in [3.8, 4) is 11.6 Å².